The van der Waals surface area contributed by atoms with Gasteiger partial charge in [0.2, 0.25) is 0 Å². The highest BCUT2D eigenvalue weighted by Crippen LogP contribution is 2.40. The second-order valence-electron chi connectivity index (χ2n) is 6.87. The van der Waals surface area contributed by atoms with Gasteiger partial charge in [-0.25, -0.2) is 0 Å². The fourth-order valence-electron chi connectivity index (χ4n) is 3.20. The highest BCUT2D eigenvalue weighted by atomic mass is 16.5. The summed E-state index contributed by atoms with van der Waals surface area (Å²) in [5, 5.41) is 11.1. The lowest BCUT2D eigenvalue weighted by molar-refractivity contribution is -0.148. The van der Waals surface area contributed by atoms with Crippen molar-refractivity contribution >= 4 is 0 Å². The summed E-state index contributed by atoms with van der Waals surface area (Å²) in [5.74, 6) is 0.782. The van der Waals surface area contributed by atoms with E-state index in [0.29, 0.717) is 26.1 Å². The van der Waals surface area contributed by atoms with Gasteiger partial charge in [-0.2, -0.15) is 0 Å². The van der Waals surface area contributed by atoms with Crippen LogP contribution in [0, 0.1) is 0 Å². The van der Waals surface area contributed by atoms with Gasteiger partial charge in [0, 0.05) is 12.8 Å². The first kappa shape index (κ1) is 16.0. The minimum absolute atomic E-state index is 0.312. The molecule has 0 spiro atoms. The minimum Gasteiger partial charge on any atom is -0.489 e. The average molecular weight is 312 g/mol. The summed E-state index contributed by atoms with van der Waals surface area (Å²) in [6.45, 7) is 5.13. The van der Waals surface area contributed by atoms with E-state index < -0.39 is 5.60 Å². The van der Waals surface area contributed by atoms with Gasteiger partial charge in [0.1, 0.15) is 12.4 Å². The SMILES string of the molecule is CC1(C)CC(O)(c2cccc(OCc3ccccc3)c2)CCO1. The fourth-order valence-corrected chi connectivity index (χ4v) is 3.20. The number of aliphatic hydroxyl groups is 1. The first-order valence-corrected chi connectivity index (χ1v) is 8.11. The van der Waals surface area contributed by atoms with Gasteiger partial charge in [0.25, 0.3) is 0 Å². The van der Waals surface area contributed by atoms with Crippen molar-refractivity contribution in [2.24, 2.45) is 0 Å². The van der Waals surface area contributed by atoms with Gasteiger partial charge in [-0.05, 0) is 37.1 Å². The van der Waals surface area contributed by atoms with Crippen LogP contribution in [0.5, 0.6) is 5.75 Å². The van der Waals surface area contributed by atoms with E-state index in [9.17, 15) is 5.11 Å². The van der Waals surface area contributed by atoms with Crippen LogP contribution < -0.4 is 4.74 Å². The molecule has 0 bridgehead atoms. The van der Waals surface area contributed by atoms with Gasteiger partial charge < -0.3 is 14.6 Å². The second kappa shape index (κ2) is 6.34. The summed E-state index contributed by atoms with van der Waals surface area (Å²) in [7, 11) is 0. The molecule has 1 saturated heterocycles. The Bertz CT molecular complexity index is 651. The fraction of sp³-hybridized carbons (Fsp3) is 0.400. The van der Waals surface area contributed by atoms with Gasteiger partial charge in [0.15, 0.2) is 0 Å². The second-order valence-corrected chi connectivity index (χ2v) is 6.87. The number of hydrogen-bond donors (Lipinski definition) is 1. The van der Waals surface area contributed by atoms with E-state index in [1.807, 2.05) is 68.4 Å². The van der Waals surface area contributed by atoms with E-state index in [0.717, 1.165) is 16.9 Å². The Morgan fingerprint density at radius 1 is 1.09 bits per heavy atom. The van der Waals surface area contributed by atoms with Gasteiger partial charge in [-0.15, -0.1) is 0 Å². The summed E-state index contributed by atoms with van der Waals surface area (Å²) >= 11 is 0. The number of benzene rings is 2. The first-order chi connectivity index (χ1) is 11.0. The zero-order valence-corrected chi connectivity index (χ0v) is 13.8. The molecule has 1 N–H and O–H groups in total. The molecule has 2 aromatic carbocycles. The zero-order chi connectivity index (χ0) is 16.3. The molecule has 1 fully saturated rings. The predicted octanol–water partition coefficient (Wildman–Crippen LogP) is 4.04. The molecule has 1 aliphatic heterocycles. The van der Waals surface area contributed by atoms with Crippen LogP contribution in [0.2, 0.25) is 0 Å². The van der Waals surface area contributed by atoms with Crippen LogP contribution in [0.3, 0.4) is 0 Å². The van der Waals surface area contributed by atoms with Crippen LogP contribution in [-0.4, -0.2) is 17.3 Å². The quantitative estimate of drug-likeness (QED) is 0.926. The highest BCUT2D eigenvalue weighted by molar-refractivity contribution is 5.33. The Labute approximate surface area is 137 Å². The standard InChI is InChI=1S/C20H24O3/c1-19(2)15-20(21,11-12-23-19)17-9-6-10-18(13-17)22-14-16-7-4-3-5-8-16/h3-10,13,21H,11-12,14-15H2,1-2H3. The molecule has 0 radical (unpaired) electrons. The molecule has 122 valence electrons. The van der Waals surface area contributed by atoms with Crippen molar-refractivity contribution in [2.45, 2.75) is 44.5 Å². The van der Waals surface area contributed by atoms with Crippen molar-refractivity contribution in [1.29, 1.82) is 0 Å². The molecular weight excluding hydrogens is 288 g/mol. The van der Waals surface area contributed by atoms with Crippen LogP contribution in [0.4, 0.5) is 0 Å². The lowest BCUT2D eigenvalue weighted by Crippen LogP contribution is -2.43. The first-order valence-electron chi connectivity index (χ1n) is 8.11. The molecule has 0 aliphatic carbocycles. The molecule has 2 aromatic rings. The molecule has 1 unspecified atom stereocenters. The largest absolute Gasteiger partial charge is 0.489 e. The Morgan fingerprint density at radius 2 is 1.87 bits per heavy atom. The maximum absolute atomic E-state index is 11.1. The number of rotatable bonds is 4. The summed E-state index contributed by atoms with van der Waals surface area (Å²) in [6, 6.07) is 17.9. The number of hydrogen-bond acceptors (Lipinski definition) is 3. The van der Waals surface area contributed by atoms with E-state index in [-0.39, 0.29) is 5.60 Å². The third kappa shape index (κ3) is 3.92. The van der Waals surface area contributed by atoms with Crippen molar-refractivity contribution in [2.75, 3.05) is 6.61 Å². The average Bonchev–Trinajstić information content (AvgIpc) is 2.53. The van der Waals surface area contributed by atoms with Crippen molar-refractivity contribution in [1.82, 2.24) is 0 Å². The van der Waals surface area contributed by atoms with Gasteiger partial charge in [-0.3, -0.25) is 0 Å². The molecule has 1 aliphatic rings. The molecule has 23 heavy (non-hydrogen) atoms. The van der Waals surface area contributed by atoms with Crippen molar-refractivity contribution < 1.29 is 14.6 Å². The van der Waals surface area contributed by atoms with E-state index in [4.69, 9.17) is 9.47 Å². The van der Waals surface area contributed by atoms with E-state index in [1.165, 1.54) is 0 Å². The van der Waals surface area contributed by atoms with Crippen molar-refractivity contribution in [3.63, 3.8) is 0 Å². The van der Waals surface area contributed by atoms with Gasteiger partial charge in [-0.1, -0.05) is 42.5 Å². The Morgan fingerprint density at radius 3 is 2.61 bits per heavy atom. The molecule has 0 aromatic heterocycles. The van der Waals surface area contributed by atoms with Crippen LogP contribution in [0.1, 0.15) is 37.8 Å². The molecule has 0 saturated carbocycles. The van der Waals surface area contributed by atoms with Gasteiger partial charge >= 0.3 is 0 Å². The van der Waals surface area contributed by atoms with Crippen LogP contribution >= 0.6 is 0 Å². The third-order valence-corrected chi connectivity index (χ3v) is 4.35. The zero-order valence-electron chi connectivity index (χ0n) is 13.8. The van der Waals surface area contributed by atoms with Gasteiger partial charge in [0.05, 0.1) is 17.8 Å². The summed E-state index contributed by atoms with van der Waals surface area (Å²) < 4.78 is 11.6. The summed E-state index contributed by atoms with van der Waals surface area (Å²) in [6.07, 6.45) is 1.20. The Balaban J connectivity index is 1.74. The van der Waals surface area contributed by atoms with Crippen LogP contribution in [0.15, 0.2) is 54.6 Å². The monoisotopic (exact) mass is 312 g/mol. The smallest absolute Gasteiger partial charge is 0.120 e. The predicted molar refractivity (Wildman–Crippen MR) is 90.4 cm³/mol. The highest BCUT2D eigenvalue weighted by Gasteiger charge is 2.40. The Kier molecular flexibility index (Phi) is 4.42. The molecular formula is C20H24O3. The molecule has 3 rings (SSSR count). The van der Waals surface area contributed by atoms with Crippen LogP contribution in [0.25, 0.3) is 0 Å². The maximum Gasteiger partial charge on any atom is 0.120 e. The molecule has 3 heteroatoms. The topological polar surface area (TPSA) is 38.7 Å². The van der Waals surface area contributed by atoms with Crippen LogP contribution in [-0.2, 0) is 16.9 Å². The number of ether oxygens (including phenoxy) is 2. The third-order valence-electron chi connectivity index (χ3n) is 4.35. The molecule has 0 amide bonds. The maximum atomic E-state index is 11.1. The molecule has 1 heterocycles. The van der Waals surface area contributed by atoms with E-state index >= 15 is 0 Å². The summed E-state index contributed by atoms with van der Waals surface area (Å²) in [4.78, 5) is 0. The van der Waals surface area contributed by atoms with Crippen molar-refractivity contribution in [3.05, 3.63) is 65.7 Å². The minimum atomic E-state index is -0.853. The lowest BCUT2D eigenvalue weighted by Gasteiger charge is -2.41. The normalized spacial score (nSPS) is 23.4. The Hall–Kier alpha value is -1.84. The lowest BCUT2D eigenvalue weighted by atomic mass is 9.79. The van der Waals surface area contributed by atoms with Crippen molar-refractivity contribution in [3.8, 4) is 5.75 Å². The summed E-state index contributed by atoms with van der Waals surface area (Å²) in [5.41, 5.74) is 0.866. The molecule has 3 nitrogen and oxygen atoms in total. The van der Waals surface area contributed by atoms with E-state index in [1.54, 1.807) is 0 Å². The van der Waals surface area contributed by atoms with E-state index in [2.05, 4.69) is 0 Å². The molecule has 1 atom stereocenters.